The van der Waals surface area contributed by atoms with Gasteiger partial charge in [0.25, 0.3) is 0 Å². The number of nitrogens with zero attached hydrogens (tertiary/aromatic N) is 1. The molecule has 0 bridgehead atoms. The van der Waals surface area contributed by atoms with Gasteiger partial charge in [-0.2, -0.15) is 17.3 Å². The van der Waals surface area contributed by atoms with Crippen LogP contribution in [-0.2, 0) is 11.0 Å². The second-order valence-electron chi connectivity index (χ2n) is 1.19. The molecule has 0 saturated carbocycles. The maximum Gasteiger partial charge on any atom is 0.492 e. The van der Waals surface area contributed by atoms with E-state index in [9.17, 15) is 17.4 Å². The smallest absolute Gasteiger partial charge is 0.225 e. The summed E-state index contributed by atoms with van der Waals surface area (Å²) in [6.45, 7) is 0. The summed E-state index contributed by atoms with van der Waals surface area (Å²) in [5.74, 6) is 0. The zero-order valence-corrected chi connectivity index (χ0v) is 8.46. The molecule has 0 fully saturated rings. The van der Waals surface area contributed by atoms with Crippen LogP contribution in [0.3, 0.4) is 0 Å². The maximum atomic E-state index is 11.4. The molecule has 0 aliphatic carbocycles. The van der Waals surface area contributed by atoms with E-state index in [0.717, 1.165) is 0 Å². The number of rotatable bonds is 1. The van der Waals surface area contributed by atoms with E-state index in [1.54, 1.807) is 0 Å². The van der Waals surface area contributed by atoms with Gasteiger partial charge in [0.15, 0.2) is 0 Å². The van der Waals surface area contributed by atoms with Gasteiger partial charge in [-0.3, -0.25) is 0 Å². The summed E-state index contributed by atoms with van der Waals surface area (Å²) in [6.07, 6.45) is 0. The third kappa shape index (κ3) is 6.22. The zero-order valence-electron chi connectivity index (χ0n) is 4.48. The number of alkyl halides is 3. The van der Waals surface area contributed by atoms with Crippen LogP contribution in [0.2, 0.25) is 0 Å². The minimum atomic E-state index is -4.95. The van der Waals surface area contributed by atoms with Gasteiger partial charge in [-0.25, -0.2) is 4.21 Å². The average molecular weight is 268 g/mol. The SMILES string of the molecule is O=S(N=P(Cl)(Cl)Cl)C(F)(F)F. The first-order chi connectivity index (χ1) is 4.63. The first-order valence-electron chi connectivity index (χ1n) is 1.83. The summed E-state index contributed by atoms with van der Waals surface area (Å²) in [4.78, 5) is 0. The van der Waals surface area contributed by atoms with E-state index in [2.05, 4.69) is 4.15 Å². The van der Waals surface area contributed by atoms with Crippen molar-refractivity contribution >= 4 is 49.8 Å². The lowest BCUT2D eigenvalue weighted by Gasteiger charge is -2.01. The molecule has 0 aromatic carbocycles. The standard InChI is InChI=1S/CCl3F3NOPS/c2-10(3,4)8-11(9)1(5,6)7. The Kier molecular flexibility index (Phi) is 4.19. The van der Waals surface area contributed by atoms with Crippen LogP contribution in [0, 0.1) is 0 Å². The van der Waals surface area contributed by atoms with Crippen LogP contribution in [-0.4, -0.2) is 9.72 Å². The molecule has 0 spiro atoms. The Labute approximate surface area is 77.0 Å². The van der Waals surface area contributed by atoms with Gasteiger partial charge in [-0.1, -0.05) is 0 Å². The topological polar surface area (TPSA) is 29.4 Å². The lowest BCUT2D eigenvalue weighted by atomic mass is 11.6. The molecule has 11 heavy (non-hydrogen) atoms. The molecule has 0 rings (SSSR count). The monoisotopic (exact) mass is 267 g/mol. The van der Waals surface area contributed by atoms with Gasteiger partial charge in [-0.15, -0.1) is 0 Å². The predicted molar refractivity (Wildman–Crippen MR) is 41.1 cm³/mol. The van der Waals surface area contributed by atoms with E-state index < -0.39 is 21.6 Å². The van der Waals surface area contributed by atoms with Crippen molar-refractivity contribution in [2.45, 2.75) is 5.51 Å². The van der Waals surface area contributed by atoms with Crippen LogP contribution in [0.15, 0.2) is 4.15 Å². The minimum Gasteiger partial charge on any atom is -0.225 e. The largest absolute Gasteiger partial charge is 0.492 e. The fraction of sp³-hybridized carbons (Fsp3) is 1.00. The highest BCUT2D eigenvalue weighted by Gasteiger charge is 2.38. The van der Waals surface area contributed by atoms with Crippen molar-refractivity contribution in [3.8, 4) is 0 Å². The van der Waals surface area contributed by atoms with Crippen LogP contribution in [0.1, 0.15) is 0 Å². The van der Waals surface area contributed by atoms with Gasteiger partial charge in [-0.05, 0) is 33.7 Å². The van der Waals surface area contributed by atoms with Crippen molar-refractivity contribution in [3.05, 3.63) is 0 Å². The molecule has 0 radical (unpaired) electrons. The zero-order chi connectivity index (χ0) is 9.28. The molecule has 10 heteroatoms. The highest BCUT2D eigenvalue weighted by atomic mass is 36.0. The molecule has 0 heterocycles. The van der Waals surface area contributed by atoms with Crippen molar-refractivity contribution in [2.24, 2.45) is 4.15 Å². The van der Waals surface area contributed by atoms with E-state index in [4.69, 9.17) is 33.7 Å². The number of halogens is 6. The summed E-state index contributed by atoms with van der Waals surface area (Å²) in [6, 6.07) is 0. The maximum absolute atomic E-state index is 11.4. The van der Waals surface area contributed by atoms with Gasteiger partial charge < -0.3 is 0 Å². The lowest BCUT2D eigenvalue weighted by molar-refractivity contribution is -0.0383. The van der Waals surface area contributed by atoms with Crippen LogP contribution in [0.25, 0.3) is 0 Å². The van der Waals surface area contributed by atoms with E-state index in [-0.39, 0.29) is 0 Å². The average Bonchev–Trinajstić information content (AvgIpc) is 1.56. The second-order valence-corrected chi connectivity index (χ2v) is 9.61. The third-order valence-corrected chi connectivity index (χ3v) is 3.76. The minimum absolute atomic E-state index is 2.44. The van der Waals surface area contributed by atoms with E-state index in [0.29, 0.717) is 0 Å². The highest BCUT2D eigenvalue weighted by molar-refractivity contribution is 8.28. The fourth-order valence-electron chi connectivity index (χ4n) is 0.130. The highest BCUT2D eigenvalue weighted by Crippen LogP contribution is 2.65. The molecule has 0 aromatic rings. The van der Waals surface area contributed by atoms with Gasteiger partial charge in [0.2, 0.25) is 16.1 Å². The molecule has 0 aromatic heterocycles. The van der Waals surface area contributed by atoms with E-state index >= 15 is 0 Å². The van der Waals surface area contributed by atoms with E-state index in [1.165, 1.54) is 0 Å². The van der Waals surface area contributed by atoms with Crippen molar-refractivity contribution in [1.82, 2.24) is 0 Å². The normalized spacial score (nSPS) is 16.2. The summed E-state index contributed by atoms with van der Waals surface area (Å²) >= 11 is 14.7. The lowest BCUT2D eigenvalue weighted by Crippen LogP contribution is -2.12. The van der Waals surface area contributed by atoms with Gasteiger partial charge >= 0.3 is 5.51 Å². The predicted octanol–water partition coefficient (Wildman–Crippen LogP) is 3.83. The summed E-state index contributed by atoms with van der Waals surface area (Å²) in [5.41, 5.74) is -4.95. The summed E-state index contributed by atoms with van der Waals surface area (Å²) in [7, 11) is -3.43. The van der Waals surface area contributed by atoms with Crippen LogP contribution in [0.5, 0.6) is 0 Å². The molecule has 2 nitrogen and oxygen atoms in total. The quantitative estimate of drug-likeness (QED) is 0.664. The summed E-state index contributed by atoms with van der Waals surface area (Å²) < 4.78 is 46.8. The Balaban J connectivity index is 4.58. The molecule has 1 unspecified atom stereocenters. The Bertz CT molecular complexity index is 213. The van der Waals surface area contributed by atoms with Gasteiger partial charge in [0, 0.05) is 0 Å². The first-order valence-corrected chi connectivity index (χ1v) is 7.39. The summed E-state index contributed by atoms with van der Waals surface area (Å²) in [5, 5.41) is -3.55. The Morgan fingerprint density at radius 2 is 1.64 bits per heavy atom. The van der Waals surface area contributed by atoms with Crippen molar-refractivity contribution in [1.29, 1.82) is 0 Å². The molecular formula is CCl3F3NOPS. The van der Waals surface area contributed by atoms with Crippen LogP contribution in [0.4, 0.5) is 13.2 Å². The van der Waals surface area contributed by atoms with Crippen molar-refractivity contribution < 1.29 is 17.4 Å². The molecule has 0 aliphatic heterocycles. The second kappa shape index (κ2) is 3.83. The molecule has 0 amide bonds. The third-order valence-electron chi connectivity index (χ3n) is 0.365. The molecule has 0 saturated heterocycles. The molecule has 0 aliphatic rings. The molecule has 0 N–H and O–H groups in total. The van der Waals surface area contributed by atoms with Gasteiger partial charge in [0.05, 0.1) is 0 Å². The molecular weight excluding hydrogens is 268 g/mol. The van der Waals surface area contributed by atoms with Crippen molar-refractivity contribution in [2.75, 3.05) is 0 Å². The van der Waals surface area contributed by atoms with E-state index in [1.807, 2.05) is 0 Å². The molecule has 68 valence electrons. The van der Waals surface area contributed by atoms with Crippen LogP contribution < -0.4 is 0 Å². The Morgan fingerprint density at radius 1 is 1.27 bits per heavy atom. The number of hydrogen-bond acceptors (Lipinski definition) is 1. The fourth-order valence-corrected chi connectivity index (χ4v) is 2.69. The van der Waals surface area contributed by atoms with Crippen LogP contribution >= 0.6 is 38.8 Å². The first kappa shape index (κ1) is 12.0. The number of hydrogen-bond donors (Lipinski definition) is 0. The molecule has 1 atom stereocenters. The Morgan fingerprint density at radius 3 is 1.73 bits per heavy atom. The van der Waals surface area contributed by atoms with Gasteiger partial charge in [0.1, 0.15) is 0 Å². The van der Waals surface area contributed by atoms with Crippen molar-refractivity contribution in [3.63, 3.8) is 0 Å². The Hall–Kier alpha value is 1.04.